The van der Waals surface area contributed by atoms with Crippen LogP contribution in [0.4, 0.5) is 4.79 Å². The minimum absolute atomic E-state index is 0.197. The van der Waals surface area contributed by atoms with Gasteiger partial charge in [-0.15, -0.1) is 0 Å². The minimum Gasteiger partial charge on any atom is -0.444 e. The van der Waals surface area contributed by atoms with Gasteiger partial charge in [-0.3, -0.25) is 4.98 Å². The number of hydrogen-bond acceptors (Lipinski definition) is 4. The molecule has 1 aromatic heterocycles. The van der Waals surface area contributed by atoms with E-state index in [2.05, 4.69) is 38.5 Å². The lowest BCUT2D eigenvalue weighted by molar-refractivity contribution is 0.0521. The molecule has 0 aliphatic carbocycles. The van der Waals surface area contributed by atoms with Crippen LogP contribution in [0.1, 0.15) is 46.2 Å². The van der Waals surface area contributed by atoms with Crippen molar-refractivity contribution in [1.82, 2.24) is 15.6 Å². The molecule has 0 spiro atoms. The molecule has 0 bridgehead atoms. The van der Waals surface area contributed by atoms with E-state index in [1.165, 1.54) is 0 Å². The van der Waals surface area contributed by atoms with Crippen LogP contribution < -0.4 is 10.6 Å². The number of carbonyl (C=O) groups is 1. The molecular formula is C16H26BrN3O2. The van der Waals surface area contributed by atoms with E-state index < -0.39 is 5.60 Å². The van der Waals surface area contributed by atoms with E-state index in [0.29, 0.717) is 13.1 Å². The van der Waals surface area contributed by atoms with Crippen LogP contribution >= 0.6 is 15.9 Å². The average molecular weight is 372 g/mol. The lowest BCUT2D eigenvalue weighted by Gasteiger charge is -2.22. The first-order valence-corrected chi connectivity index (χ1v) is 8.40. The number of nitrogens with one attached hydrogen (secondary N) is 2. The number of rotatable bonds is 7. The average Bonchev–Trinajstić information content (AvgIpc) is 2.42. The van der Waals surface area contributed by atoms with Gasteiger partial charge in [0.1, 0.15) is 5.60 Å². The van der Waals surface area contributed by atoms with E-state index in [9.17, 15) is 4.79 Å². The molecule has 0 saturated carbocycles. The lowest BCUT2D eigenvalue weighted by Crippen LogP contribution is -2.42. The van der Waals surface area contributed by atoms with Gasteiger partial charge in [0.2, 0.25) is 0 Å². The number of amides is 1. The first kappa shape index (κ1) is 18.9. The number of ether oxygens (including phenoxy) is 1. The Morgan fingerprint density at radius 3 is 2.68 bits per heavy atom. The first-order chi connectivity index (χ1) is 10.3. The Labute approximate surface area is 141 Å². The summed E-state index contributed by atoms with van der Waals surface area (Å²) in [4.78, 5) is 16.0. The van der Waals surface area contributed by atoms with Crippen LogP contribution in [0.3, 0.4) is 0 Å². The van der Waals surface area contributed by atoms with Crippen molar-refractivity contribution in [3.8, 4) is 0 Å². The van der Waals surface area contributed by atoms with Crippen molar-refractivity contribution in [2.75, 3.05) is 6.54 Å². The van der Waals surface area contributed by atoms with E-state index >= 15 is 0 Å². The van der Waals surface area contributed by atoms with Crippen molar-refractivity contribution in [3.05, 3.63) is 28.5 Å². The molecule has 1 heterocycles. The summed E-state index contributed by atoms with van der Waals surface area (Å²) in [5.41, 5.74) is 0.501. The molecule has 1 amide bonds. The lowest BCUT2D eigenvalue weighted by atomic mass is 10.1. The summed E-state index contributed by atoms with van der Waals surface area (Å²) >= 11 is 3.37. The Morgan fingerprint density at radius 1 is 1.41 bits per heavy atom. The van der Waals surface area contributed by atoms with Crippen LogP contribution in [0, 0.1) is 0 Å². The van der Waals surface area contributed by atoms with Crippen molar-refractivity contribution in [2.24, 2.45) is 0 Å². The summed E-state index contributed by atoms with van der Waals surface area (Å²) in [5.74, 6) is 0. The normalized spacial score (nSPS) is 12.8. The Balaban J connectivity index is 2.41. The van der Waals surface area contributed by atoms with Crippen LogP contribution in [0.25, 0.3) is 0 Å². The number of nitrogens with zero attached hydrogens (tertiary/aromatic N) is 1. The molecule has 0 radical (unpaired) electrons. The van der Waals surface area contributed by atoms with E-state index in [0.717, 1.165) is 23.0 Å². The van der Waals surface area contributed by atoms with Crippen molar-refractivity contribution in [1.29, 1.82) is 0 Å². The molecule has 5 nitrogen and oxygen atoms in total. The fraction of sp³-hybridized carbons (Fsp3) is 0.625. The molecule has 0 aliphatic rings. The Bertz CT molecular complexity index is 457. The molecule has 6 heteroatoms. The monoisotopic (exact) mass is 371 g/mol. The van der Waals surface area contributed by atoms with Gasteiger partial charge < -0.3 is 15.4 Å². The topological polar surface area (TPSA) is 63.2 Å². The second-order valence-corrected chi connectivity index (χ2v) is 7.13. The van der Waals surface area contributed by atoms with E-state index in [1.54, 1.807) is 6.20 Å². The number of carbonyl (C=O) groups excluding carboxylic acids is 1. The molecule has 1 aromatic rings. The Morgan fingerprint density at radius 2 is 2.14 bits per heavy atom. The summed E-state index contributed by atoms with van der Waals surface area (Å²) in [6, 6.07) is 4.14. The molecule has 1 rings (SSSR count). The summed E-state index contributed by atoms with van der Waals surface area (Å²) in [5, 5.41) is 6.24. The number of halogens is 1. The van der Waals surface area contributed by atoms with Gasteiger partial charge >= 0.3 is 6.09 Å². The van der Waals surface area contributed by atoms with Crippen molar-refractivity contribution >= 4 is 22.0 Å². The zero-order chi connectivity index (χ0) is 16.6. The maximum absolute atomic E-state index is 11.7. The third kappa shape index (κ3) is 8.34. The van der Waals surface area contributed by atoms with Crippen molar-refractivity contribution in [3.63, 3.8) is 0 Å². The van der Waals surface area contributed by atoms with Crippen LogP contribution in [0.15, 0.2) is 22.8 Å². The molecule has 2 N–H and O–H groups in total. The van der Waals surface area contributed by atoms with Crippen molar-refractivity contribution < 1.29 is 9.53 Å². The molecule has 0 aromatic carbocycles. The number of hydrogen-bond donors (Lipinski definition) is 2. The highest BCUT2D eigenvalue weighted by molar-refractivity contribution is 9.10. The third-order valence-corrected chi connectivity index (χ3v) is 3.36. The smallest absolute Gasteiger partial charge is 0.407 e. The third-order valence-electron chi connectivity index (χ3n) is 2.89. The predicted molar refractivity (Wildman–Crippen MR) is 91.7 cm³/mol. The molecule has 1 atom stereocenters. The highest BCUT2D eigenvalue weighted by atomic mass is 79.9. The van der Waals surface area contributed by atoms with Crippen LogP contribution in [-0.4, -0.2) is 29.3 Å². The van der Waals surface area contributed by atoms with Crippen molar-refractivity contribution in [2.45, 2.75) is 58.7 Å². The summed E-state index contributed by atoms with van der Waals surface area (Å²) in [6.07, 6.45) is 3.43. The van der Waals surface area contributed by atoms with Gasteiger partial charge in [-0.25, -0.2) is 4.79 Å². The van der Waals surface area contributed by atoms with E-state index in [4.69, 9.17) is 4.74 Å². The molecule has 1 unspecified atom stereocenters. The highest BCUT2D eigenvalue weighted by Crippen LogP contribution is 2.08. The molecule has 22 heavy (non-hydrogen) atoms. The van der Waals surface area contributed by atoms with Gasteiger partial charge in [0.15, 0.2) is 0 Å². The second kappa shape index (κ2) is 9.10. The number of pyridine rings is 1. The summed E-state index contributed by atoms with van der Waals surface area (Å²) < 4.78 is 6.21. The predicted octanol–water partition coefficient (Wildman–Crippen LogP) is 3.63. The van der Waals surface area contributed by atoms with Gasteiger partial charge in [0.25, 0.3) is 0 Å². The molecule has 0 saturated heterocycles. The fourth-order valence-corrected chi connectivity index (χ4v) is 2.14. The van der Waals surface area contributed by atoms with Gasteiger partial charge in [-0.05, 0) is 55.3 Å². The number of aromatic nitrogens is 1. The minimum atomic E-state index is -0.473. The van der Waals surface area contributed by atoms with Gasteiger partial charge in [0, 0.05) is 29.8 Å². The zero-order valence-electron chi connectivity index (χ0n) is 13.8. The fourth-order valence-electron chi connectivity index (χ4n) is 1.91. The van der Waals surface area contributed by atoms with Crippen LogP contribution in [0.5, 0.6) is 0 Å². The summed E-state index contributed by atoms with van der Waals surface area (Å²) in [7, 11) is 0. The number of alkyl carbamates (subject to hydrolysis) is 1. The maximum Gasteiger partial charge on any atom is 0.407 e. The first-order valence-electron chi connectivity index (χ1n) is 7.61. The molecule has 0 aliphatic heterocycles. The summed E-state index contributed by atoms with van der Waals surface area (Å²) in [6.45, 7) is 8.90. The van der Waals surface area contributed by atoms with E-state index in [1.807, 2.05) is 32.9 Å². The molecule has 124 valence electrons. The quantitative estimate of drug-likeness (QED) is 0.767. The SMILES string of the molecule is CCCC(CNC(=O)OC(C)(C)C)NCc1ccc(Br)cn1. The molecule has 0 fully saturated rings. The second-order valence-electron chi connectivity index (χ2n) is 6.22. The highest BCUT2D eigenvalue weighted by Gasteiger charge is 2.17. The zero-order valence-corrected chi connectivity index (χ0v) is 15.4. The molecular weight excluding hydrogens is 346 g/mol. The van der Waals surface area contributed by atoms with Gasteiger partial charge in [0.05, 0.1) is 5.69 Å². The standard InChI is InChI=1S/C16H26BrN3O2/c1-5-6-13(11-20-15(21)22-16(2,3)4)19-10-14-8-7-12(17)9-18-14/h7-9,13,19H,5-6,10-11H2,1-4H3,(H,20,21). The largest absolute Gasteiger partial charge is 0.444 e. The van der Waals surface area contributed by atoms with Gasteiger partial charge in [-0.2, -0.15) is 0 Å². The van der Waals surface area contributed by atoms with Gasteiger partial charge in [-0.1, -0.05) is 13.3 Å². The van der Waals surface area contributed by atoms with Crippen LogP contribution in [-0.2, 0) is 11.3 Å². The Hall–Kier alpha value is -1.14. The Kier molecular flexibility index (Phi) is 7.82. The maximum atomic E-state index is 11.7. The van der Waals surface area contributed by atoms with Crippen LogP contribution in [0.2, 0.25) is 0 Å². The van der Waals surface area contributed by atoms with E-state index in [-0.39, 0.29) is 12.1 Å².